The molecule has 1 amide bonds. The van der Waals surface area contributed by atoms with Gasteiger partial charge in [-0.3, -0.25) is 9.78 Å². The summed E-state index contributed by atoms with van der Waals surface area (Å²) in [5, 5.41) is 5.66. The van der Waals surface area contributed by atoms with Crippen molar-refractivity contribution < 1.29 is 4.79 Å². The lowest BCUT2D eigenvalue weighted by atomic mass is 10.4. The van der Waals surface area contributed by atoms with E-state index in [0.717, 1.165) is 0 Å². The molecule has 0 unspecified atom stereocenters. The van der Waals surface area contributed by atoms with Crippen molar-refractivity contribution in [2.24, 2.45) is 0 Å². The van der Waals surface area contributed by atoms with Crippen LogP contribution < -0.4 is 16.4 Å². The molecule has 1 rings (SSSR count). The average Bonchev–Trinajstić information content (AvgIpc) is 2.18. The van der Waals surface area contributed by atoms with E-state index < -0.39 is 0 Å². The molecule has 0 fully saturated rings. The van der Waals surface area contributed by atoms with Gasteiger partial charge < -0.3 is 16.4 Å². The van der Waals surface area contributed by atoms with Crippen LogP contribution in [0.1, 0.15) is 13.3 Å². The summed E-state index contributed by atoms with van der Waals surface area (Å²) in [6.45, 7) is 3.05. The molecular weight excluding hydrogens is 194 g/mol. The Hall–Kier alpha value is -1.85. The Morgan fingerprint density at radius 3 is 3.00 bits per heavy atom. The van der Waals surface area contributed by atoms with Crippen molar-refractivity contribution in [2.45, 2.75) is 13.3 Å². The second-order valence-corrected chi connectivity index (χ2v) is 2.96. The van der Waals surface area contributed by atoms with E-state index >= 15 is 0 Å². The number of rotatable bonds is 5. The monoisotopic (exact) mass is 209 g/mol. The summed E-state index contributed by atoms with van der Waals surface area (Å²) in [7, 11) is 0. The quantitative estimate of drug-likeness (QED) is 0.634. The van der Waals surface area contributed by atoms with Crippen LogP contribution in [0.2, 0.25) is 0 Å². The van der Waals surface area contributed by atoms with Crippen LogP contribution in [0.5, 0.6) is 0 Å². The number of anilines is 2. The van der Waals surface area contributed by atoms with Gasteiger partial charge in [-0.05, 0) is 6.92 Å². The minimum Gasteiger partial charge on any atom is -0.382 e. The molecule has 0 saturated carbocycles. The zero-order valence-corrected chi connectivity index (χ0v) is 8.66. The van der Waals surface area contributed by atoms with Gasteiger partial charge in [0.2, 0.25) is 5.91 Å². The van der Waals surface area contributed by atoms with Crippen molar-refractivity contribution in [2.75, 3.05) is 24.1 Å². The number of nitrogen functional groups attached to an aromatic ring is 1. The van der Waals surface area contributed by atoms with Crippen molar-refractivity contribution in [1.82, 2.24) is 15.3 Å². The van der Waals surface area contributed by atoms with Crippen LogP contribution in [-0.2, 0) is 4.79 Å². The maximum Gasteiger partial charge on any atom is 0.221 e. The molecule has 1 aromatic heterocycles. The molecule has 1 heterocycles. The summed E-state index contributed by atoms with van der Waals surface area (Å²) in [4.78, 5) is 18.9. The number of carbonyl (C=O) groups is 1. The van der Waals surface area contributed by atoms with Crippen LogP contribution in [-0.4, -0.2) is 29.0 Å². The third-order valence-electron chi connectivity index (χ3n) is 1.69. The summed E-state index contributed by atoms with van der Waals surface area (Å²) in [5.74, 6) is 0.958. The number of nitrogens with one attached hydrogen (secondary N) is 2. The minimum absolute atomic E-state index is 0.0156. The second-order valence-electron chi connectivity index (χ2n) is 2.96. The van der Waals surface area contributed by atoms with E-state index in [1.807, 2.05) is 6.92 Å². The van der Waals surface area contributed by atoms with E-state index in [4.69, 9.17) is 5.73 Å². The van der Waals surface area contributed by atoms with Gasteiger partial charge in [-0.2, -0.15) is 0 Å². The zero-order valence-electron chi connectivity index (χ0n) is 8.66. The predicted octanol–water partition coefficient (Wildman–Crippen LogP) is -0.00310. The summed E-state index contributed by atoms with van der Waals surface area (Å²) in [5.41, 5.74) is 5.44. The fraction of sp³-hybridized carbons (Fsp3) is 0.444. The van der Waals surface area contributed by atoms with Crippen molar-refractivity contribution in [3.8, 4) is 0 Å². The molecule has 0 aliphatic heterocycles. The van der Waals surface area contributed by atoms with E-state index in [-0.39, 0.29) is 5.91 Å². The second kappa shape index (κ2) is 5.79. The molecule has 0 aliphatic rings. The molecule has 0 saturated heterocycles. The van der Waals surface area contributed by atoms with Crippen LogP contribution >= 0.6 is 0 Å². The Balaban J connectivity index is 2.28. The minimum atomic E-state index is 0.0156. The first-order valence-corrected chi connectivity index (χ1v) is 4.80. The van der Waals surface area contributed by atoms with Crippen molar-refractivity contribution in [1.29, 1.82) is 0 Å². The normalized spacial score (nSPS) is 9.67. The number of aromatic nitrogens is 2. The summed E-state index contributed by atoms with van der Waals surface area (Å²) >= 11 is 0. The highest BCUT2D eigenvalue weighted by molar-refractivity contribution is 5.76. The maximum atomic E-state index is 11.1. The zero-order chi connectivity index (χ0) is 11.1. The van der Waals surface area contributed by atoms with E-state index in [1.165, 1.54) is 6.20 Å². The Bertz CT molecular complexity index is 328. The van der Waals surface area contributed by atoms with Gasteiger partial charge in [0.15, 0.2) is 0 Å². The molecule has 0 radical (unpaired) electrons. The van der Waals surface area contributed by atoms with E-state index in [1.54, 1.807) is 6.20 Å². The van der Waals surface area contributed by atoms with Gasteiger partial charge in [-0.15, -0.1) is 0 Å². The summed E-state index contributed by atoms with van der Waals surface area (Å²) in [6.07, 6.45) is 3.44. The highest BCUT2D eigenvalue weighted by Crippen LogP contribution is 2.02. The van der Waals surface area contributed by atoms with Crippen LogP contribution in [0, 0.1) is 0 Å². The molecular formula is C9H15N5O. The Morgan fingerprint density at radius 1 is 1.53 bits per heavy atom. The summed E-state index contributed by atoms with van der Waals surface area (Å²) in [6, 6.07) is 0. The van der Waals surface area contributed by atoms with Crippen LogP contribution in [0.25, 0.3) is 0 Å². The largest absolute Gasteiger partial charge is 0.382 e. The number of nitrogens with two attached hydrogens (primary N) is 1. The molecule has 0 spiro atoms. The molecule has 82 valence electrons. The number of carbonyl (C=O) groups excluding carboxylic acids is 1. The molecule has 0 atom stereocenters. The third-order valence-corrected chi connectivity index (χ3v) is 1.69. The molecule has 6 heteroatoms. The average molecular weight is 209 g/mol. The third kappa shape index (κ3) is 4.26. The lowest BCUT2D eigenvalue weighted by Crippen LogP contribution is -2.24. The van der Waals surface area contributed by atoms with E-state index in [9.17, 15) is 4.79 Å². The van der Waals surface area contributed by atoms with Gasteiger partial charge in [-0.25, -0.2) is 4.98 Å². The van der Waals surface area contributed by atoms with Crippen molar-refractivity contribution in [3.63, 3.8) is 0 Å². The molecule has 1 aromatic rings. The maximum absolute atomic E-state index is 11.1. The smallest absolute Gasteiger partial charge is 0.221 e. The first-order valence-electron chi connectivity index (χ1n) is 4.80. The van der Waals surface area contributed by atoms with E-state index in [0.29, 0.717) is 31.1 Å². The van der Waals surface area contributed by atoms with Crippen LogP contribution in [0.4, 0.5) is 11.6 Å². The molecule has 0 aromatic carbocycles. The lowest BCUT2D eigenvalue weighted by Gasteiger charge is -2.05. The molecule has 6 nitrogen and oxygen atoms in total. The summed E-state index contributed by atoms with van der Waals surface area (Å²) < 4.78 is 0. The SMILES string of the molecule is CCNC(=O)CCNc1cncc(N)n1. The Morgan fingerprint density at radius 2 is 2.33 bits per heavy atom. The number of hydrogen-bond donors (Lipinski definition) is 3. The van der Waals surface area contributed by atoms with Crippen LogP contribution in [0.15, 0.2) is 12.4 Å². The fourth-order valence-electron chi connectivity index (χ4n) is 1.06. The lowest BCUT2D eigenvalue weighted by molar-refractivity contribution is -0.120. The number of hydrogen-bond acceptors (Lipinski definition) is 5. The van der Waals surface area contributed by atoms with Crippen molar-refractivity contribution >= 4 is 17.5 Å². The topological polar surface area (TPSA) is 92.9 Å². The highest BCUT2D eigenvalue weighted by Gasteiger charge is 1.99. The van der Waals surface area contributed by atoms with Gasteiger partial charge in [0.25, 0.3) is 0 Å². The first kappa shape index (κ1) is 11.2. The number of nitrogens with zero attached hydrogens (tertiary/aromatic N) is 2. The number of amides is 1. The van der Waals surface area contributed by atoms with Gasteiger partial charge in [0, 0.05) is 19.5 Å². The van der Waals surface area contributed by atoms with E-state index in [2.05, 4.69) is 20.6 Å². The van der Waals surface area contributed by atoms with Crippen molar-refractivity contribution in [3.05, 3.63) is 12.4 Å². The molecule has 0 aliphatic carbocycles. The first-order chi connectivity index (χ1) is 7.22. The van der Waals surface area contributed by atoms with Gasteiger partial charge >= 0.3 is 0 Å². The predicted molar refractivity (Wildman–Crippen MR) is 58.2 cm³/mol. The van der Waals surface area contributed by atoms with Gasteiger partial charge in [0.1, 0.15) is 11.6 Å². The highest BCUT2D eigenvalue weighted by atomic mass is 16.1. The fourth-order valence-corrected chi connectivity index (χ4v) is 1.06. The molecule has 15 heavy (non-hydrogen) atoms. The standard InChI is InChI=1S/C9H15N5O/c1-2-12-9(15)3-4-13-8-6-11-5-7(10)14-8/h5-6H,2-4H2,1H3,(H,12,15)(H3,10,13,14). The Kier molecular flexibility index (Phi) is 4.33. The van der Waals surface area contributed by atoms with Gasteiger partial charge in [0.05, 0.1) is 12.4 Å². The van der Waals surface area contributed by atoms with Crippen LogP contribution in [0.3, 0.4) is 0 Å². The molecule has 0 bridgehead atoms. The molecule has 4 N–H and O–H groups in total. The Labute approximate surface area is 88.3 Å². The van der Waals surface area contributed by atoms with Gasteiger partial charge in [-0.1, -0.05) is 0 Å².